The number of nitrogens with two attached hydrogens (primary N) is 1. The minimum atomic E-state index is -0.0605. The summed E-state index contributed by atoms with van der Waals surface area (Å²) in [5.74, 6) is 1.11. The Morgan fingerprint density at radius 3 is 2.73 bits per heavy atom. The van der Waals surface area contributed by atoms with E-state index in [1.54, 1.807) is 11.1 Å². The number of hydrogen-bond donors (Lipinski definition) is 1. The van der Waals surface area contributed by atoms with Crippen molar-refractivity contribution in [2.75, 3.05) is 12.3 Å². The molecular formula is C17H23N3OS. The lowest BCUT2D eigenvalue weighted by atomic mass is 10.0. The van der Waals surface area contributed by atoms with Crippen LogP contribution in [-0.2, 0) is 0 Å². The molecule has 0 fully saturated rings. The summed E-state index contributed by atoms with van der Waals surface area (Å²) >= 11 is 1.21. The molecule has 2 N–H and O–H groups in total. The molecule has 4 nitrogen and oxygen atoms in total. The summed E-state index contributed by atoms with van der Waals surface area (Å²) in [6.07, 6.45) is 1.72. The Hall–Kier alpha value is -1.72. The van der Waals surface area contributed by atoms with Crippen LogP contribution in [-0.4, -0.2) is 33.6 Å². The van der Waals surface area contributed by atoms with Crippen LogP contribution in [0.25, 0.3) is 5.57 Å². The van der Waals surface area contributed by atoms with Crippen molar-refractivity contribution in [3.8, 4) is 0 Å². The van der Waals surface area contributed by atoms with Gasteiger partial charge in [-0.1, -0.05) is 42.1 Å². The van der Waals surface area contributed by atoms with E-state index in [0.29, 0.717) is 18.1 Å². The fourth-order valence-electron chi connectivity index (χ4n) is 2.52. The van der Waals surface area contributed by atoms with Crippen LogP contribution in [0.5, 0.6) is 0 Å². The van der Waals surface area contributed by atoms with E-state index in [0.717, 1.165) is 16.7 Å². The van der Waals surface area contributed by atoms with Crippen LogP contribution in [0.1, 0.15) is 25.0 Å². The first-order chi connectivity index (χ1) is 10.5. The maximum absolute atomic E-state index is 12.5. The van der Waals surface area contributed by atoms with Crippen molar-refractivity contribution in [1.82, 2.24) is 10.0 Å². The molecule has 2 rings (SSSR count). The number of rotatable bonds is 4. The van der Waals surface area contributed by atoms with E-state index < -0.39 is 0 Å². The number of thioether (sulfide) groups is 1. The minimum Gasteiger partial charge on any atom is -0.384 e. The average molecular weight is 317 g/mol. The highest BCUT2D eigenvalue weighted by atomic mass is 32.2. The van der Waals surface area contributed by atoms with E-state index in [1.165, 1.54) is 11.8 Å². The summed E-state index contributed by atoms with van der Waals surface area (Å²) in [6.45, 7) is 10.5. The van der Waals surface area contributed by atoms with Crippen molar-refractivity contribution >= 4 is 22.6 Å². The van der Waals surface area contributed by atoms with E-state index in [2.05, 4.69) is 39.5 Å². The molecule has 0 spiro atoms. The fraction of sp³-hybridized carbons (Fsp3) is 0.353. The second kappa shape index (κ2) is 7.03. The summed E-state index contributed by atoms with van der Waals surface area (Å²) in [7, 11) is 0. The van der Waals surface area contributed by atoms with Gasteiger partial charge in [0, 0.05) is 23.9 Å². The van der Waals surface area contributed by atoms with E-state index in [4.69, 9.17) is 5.73 Å². The van der Waals surface area contributed by atoms with Gasteiger partial charge < -0.3 is 5.73 Å². The van der Waals surface area contributed by atoms with Gasteiger partial charge >= 0.3 is 5.24 Å². The smallest absolute Gasteiger partial charge is 0.302 e. The largest absolute Gasteiger partial charge is 0.384 e. The molecule has 1 aromatic carbocycles. The molecule has 1 amide bonds. The molecule has 0 unspecified atom stereocenters. The topological polar surface area (TPSA) is 49.6 Å². The quantitative estimate of drug-likeness (QED) is 0.862. The summed E-state index contributed by atoms with van der Waals surface area (Å²) in [5.41, 5.74) is 9.61. The van der Waals surface area contributed by atoms with E-state index in [-0.39, 0.29) is 11.3 Å². The Bertz CT molecular complexity index is 610. The standard InChI is InChI=1S/C17H23N3OS/c1-5-10-22-17(21)20-16(18)15(11-19(20)12(2)3)14-9-7-6-8-13(14)4/h5-9,12H,1,10-11,18H2,2-4H3. The van der Waals surface area contributed by atoms with Gasteiger partial charge in [0.05, 0.1) is 0 Å². The maximum atomic E-state index is 12.5. The van der Waals surface area contributed by atoms with Crippen LogP contribution in [0, 0.1) is 6.92 Å². The average Bonchev–Trinajstić information content (AvgIpc) is 2.83. The Balaban J connectivity index is 2.39. The zero-order valence-corrected chi connectivity index (χ0v) is 14.2. The Morgan fingerprint density at radius 2 is 2.14 bits per heavy atom. The number of carbonyl (C=O) groups is 1. The molecule has 22 heavy (non-hydrogen) atoms. The van der Waals surface area contributed by atoms with Crippen molar-refractivity contribution in [3.63, 3.8) is 0 Å². The highest BCUT2D eigenvalue weighted by molar-refractivity contribution is 8.13. The SMILES string of the molecule is C=CCSC(=O)N1C(N)=C(c2ccccc2C)CN1C(C)C. The molecule has 118 valence electrons. The van der Waals surface area contributed by atoms with Crippen LogP contribution in [0.4, 0.5) is 4.79 Å². The molecule has 0 radical (unpaired) electrons. The molecule has 5 heteroatoms. The number of amides is 1. The minimum absolute atomic E-state index is 0.0605. The van der Waals surface area contributed by atoms with Crippen LogP contribution in [0.3, 0.4) is 0 Å². The molecule has 0 aliphatic carbocycles. The number of nitrogens with zero attached hydrogens (tertiary/aromatic N) is 2. The van der Waals surface area contributed by atoms with Crippen molar-refractivity contribution in [2.24, 2.45) is 5.73 Å². The second-order valence-electron chi connectivity index (χ2n) is 5.55. The first kappa shape index (κ1) is 16.6. The molecule has 0 aromatic heterocycles. The highest BCUT2D eigenvalue weighted by Crippen LogP contribution is 2.33. The summed E-state index contributed by atoms with van der Waals surface area (Å²) in [6, 6.07) is 8.31. The summed E-state index contributed by atoms with van der Waals surface area (Å²) in [4.78, 5) is 12.5. The van der Waals surface area contributed by atoms with Crippen molar-refractivity contribution in [3.05, 3.63) is 53.9 Å². The van der Waals surface area contributed by atoms with Crippen LogP contribution in [0.15, 0.2) is 42.7 Å². The molecule has 1 aliphatic heterocycles. The van der Waals surface area contributed by atoms with Gasteiger partial charge in [-0.05, 0) is 31.9 Å². The number of carbonyl (C=O) groups excluding carboxylic acids is 1. The summed E-state index contributed by atoms with van der Waals surface area (Å²) in [5, 5.41) is 3.56. The predicted molar refractivity (Wildman–Crippen MR) is 94.0 cm³/mol. The van der Waals surface area contributed by atoms with E-state index >= 15 is 0 Å². The van der Waals surface area contributed by atoms with Gasteiger partial charge in [-0.2, -0.15) is 0 Å². The predicted octanol–water partition coefficient (Wildman–Crippen LogP) is 3.60. The zero-order valence-electron chi connectivity index (χ0n) is 13.4. The number of aryl methyl sites for hydroxylation is 1. The third-order valence-electron chi connectivity index (χ3n) is 3.68. The molecule has 1 aromatic rings. The van der Waals surface area contributed by atoms with Gasteiger partial charge in [0.1, 0.15) is 5.82 Å². The lowest BCUT2D eigenvalue weighted by Gasteiger charge is -2.31. The first-order valence-corrected chi connectivity index (χ1v) is 8.34. The molecule has 1 heterocycles. The van der Waals surface area contributed by atoms with E-state index in [9.17, 15) is 4.79 Å². The van der Waals surface area contributed by atoms with Crippen LogP contribution >= 0.6 is 11.8 Å². The molecule has 0 atom stereocenters. The van der Waals surface area contributed by atoms with Crippen molar-refractivity contribution in [1.29, 1.82) is 0 Å². The lowest BCUT2D eigenvalue weighted by Crippen LogP contribution is -2.45. The fourth-order valence-corrected chi connectivity index (χ4v) is 3.11. The monoisotopic (exact) mass is 317 g/mol. The number of hydrogen-bond acceptors (Lipinski definition) is 4. The molecular weight excluding hydrogens is 294 g/mol. The lowest BCUT2D eigenvalue weighted by molar-refractivity contribution is 0.0550. The van der Waals surface area contributed by atoms with E-state index in [1.807, 2.05) is 17.1 Å². The third-order valence-corrected chi connectivity index (χ3v) is 4.50. The number of benzene rings is 1. The van der Waals surface area contributed by atoms with Crippen LogP contribution < -0.4 is 5.73 Å². The Morgan fingerprint density at radius 1 is 1.45 bits per heavy atom. The number of hydrazine groups is 1. The van der Waals surface area contributed by atoms with Crippen LogP contribution in [0.2, 0.25) is 0 Å². The Labute approximate surface area is 136 Å². The first-order valence-electron chi connectivity index (χ1n) is 7.36. The Kier molecular flexibility index (Phi) is 5.32. The van der Waals surface area contributed by atoms with Gasteiger partial charge in [-0.3, -0.25) is 4.79 Å². The zero-order chi connectivity index (χ0) is 16.3. The van der Waals surface area contributed by atoms with Gasteiger partial charge in [0.2, 0.25) is 0 Å². The molecule has 0 bridgehead atoms. The van der Waals surface area contributed by atoms with Gasteiger partial charge in [0.15, 0.2) is 0 Å². The molecule has 1 aliphatic rings. The van der Waals surface area contributed by atoms with Gasteiger partial charge in [-0.15, -0.1) is 6.58 Å². The second-order valence-corrected chi connectivity index (χ2v) is 6.52. The maximum Gasteiger partial charge on any atom is 0.302 e. The van der Waals surface area contributed by atoms with Gasteiger partial charge in [-0.25, -0.2) is 10.0 Å². The molecule has 0 saturated carbocycles. The summed E-state index contributed by atoms with van der Waals surface area (Å²) < 4.78 is 0. The van der Waals surface area contributed by atoms with Crippen molar-refractivity contribution < 1.29 is 4.79 Å². The van der Waals surface area contributed by atoms with Crippen molar-refractivity contribution in [2.45, 2.75) is 26.8 Å². The molecule has 0 saturated heterocycles. The van der Waals surface area contributed by atoms with Gasteiger partial charge in [0.25, 0.3) is 0 Å². The highest BCUT2D eigenvalue weighted by Gasteiger charge is 2.35. The normalized spacial score (nSPS) is 15.7. The third kappa shape index (κ3) is 3.20.